The Balaban J connectivity index is 2.07. The van der Waals surface area contributed by atoms with Gasteiger partial charge in [-0.15, -0.1) is 0 Å². The van der Waals surface area contributed by atoms with E-state index in [0.717, 1.165) is 29.7 Å². The molecule has 0 amide bonds. The molecule has 1 saturated carbocycles. The first-order valence-electron chi connectivity index (χ1n) is 6.79. The quantitative estimate of drug-likeness (QED) is 0.849. The number of rotatable bonds is 5. The van der Waals surface area contributed by atoms with Crippen LogP contribution in [0.15, 0.2) is 18.2 Å². The third-order valence-corrected chi connectivity index (χ3v) is 3.68. The van der Waals surface area contributed by atoms with Gasteiger partial charge in [0, 0.05) is 18.0 Å². The Morgan fingerprint density at radius 1 is 1.40 bits per heavy atom. The van der Waals surface area contributed by atoms with Gasteiger partial charge in [-0.05, 0) is 38.0 Å². The van der Waals surface area contributed by atoms with Gasteiger partial charge in [0.15, 0.2) is 5.78 Å². The van der Waals surface area contributed by atoms with E-state index in [-0.39, 0.29) is 12.2 Å². The largest absolute Gasteiger partial charge is 0.481 e. The van der Waals surface area contributed by atoms with Crippen LogP contribution in [0, 0.1) is 0 Å². The minimum Gasteiger partial charge on any atom is -0.481 e. The second-order valence-electron chi connectivity index (χ2n) is 5.30. The maximum atomic E-state index is 11.4. The molecule has 20 heavy (non-hydrogen) atoms. The Hall–Kier alpha value is -2.17. The molecule has 0 radical (unpaired) electrons. The number of ketones is 1. The number of hydrogen-bond donors (Lipinski definition) is 1. The smallest absolute Gasteiger partial charge is 0.305 e. The van der Waals surface area contributed by atoms with Crippen LogP contribution < -0.4 is 0 Å². The number of aryl methyl sites for hydroxylation is 1. The lowest BCUT2D eigenvalue weighted by molar-refractivity contribution is -0.137. The van der Waals surface area contributed by atoms with Gasteiger partial charge in [-0.25, -0.2) is 4.98 Å². The van der Waals surface area contributed by atoms with E-state index in [1.165, 1.54) is 6.92 Å². The lowest BCUT2D eigenvalue weighted by atomic mass is 10.1. The van der Waals surface area contributed by atoms with Crippen LogP contribution in [0.1, 0.15) is 48.3 Å². The highest BCUT2D eigenvalue weighted by atomic mass is 16.4. The van der Waals surface area contributed by atoms with Gasteiger partial charge in [0.1, 0.15) is 5.82 Å². The Morgan fingerprint density at radius 2 is 2.15 bits per heavy atom. The molecule has 2 aromatic rings. The summed E-state index contributed by atoms with van der Waals surface area (Å²) in [7, 11) is 0. The summed E-state index contributed by atoms with van der Waals surface area (Å²) in [4.78, 5) is 26.8. The molecule has 1 aromatic carbocycles. The summed E-state index contributed by atoms with van der Waals surface area (Å²) < 4.78 is 1.99. The number of nitrogens with zero attached hydrogens (tertiary/aromatic N) is 2. The fraction of sp³-hybridized carbons (Fsp3) is 0.400. The summed E-state index contributed by atoms with van der Waals surface area (Å²) in [5.41, 5.74) is 2.34. The normalized spacial score (nSPS) is 14.7. The van der Waals surface area contributed by atoms with Crippen molar-refractivity contribution in [1.29, 1.82) is 0 Å². The third kappa shape index (κ3) is 2.31. The van der Waals surface area contributed by atoms with Crippen LogP contribution in [-0.4, -0.2) is 26.4 Å². The van der Waals surface area contributed by atoms with Crippen LogP contribution in [0.3, 0.4) is 0 Å². The summed E-state index contributed by atoms with van der Waals surface area (Å²) in [5, 5.41) is 8.87. The van der Waals surface area contributed by atoms with E-state index in [9.17, 15) is 9.59 Å². The summed E-state index contributed by atoms with van der Waals surface area (Å²) in [5.74, 6) is 0.604. The number of fused-ring (bicyclic) bond motifs is 1. The maximum Gasteiger partial charge on any atom is 0.305 e. The number of hydrogen-bond acceptors (Lipinski definition) is 3. The highest BCUT2D eigenvalue weighted by Crippen LogP contribution is 2.40. The zero-order valence-corrected chi connectivity index (χ0v) is 11.3. The lowest BCUT2D eigenvalue weighted by Crippen LogP contribution is -2.07. The Bertz CT molecular complexity index is 698. The highest BCUT2D eigenvalue weighted by molar-refractivity contribution is 5.97. The van der Waals surface area contributed by atoms with Crippen molar-refractivity contribution in [2.75, 3.05) is 0 Å². The molecule has 1 heterocycles. The molecular weight excluding hydrogens is 256 g/mol. The molecule has 0 atom stereocenters. The molecule has 5 nitrogen and oxygen atoms in total. The SMILES string of the molecule is CC(=O)c1ccc2c(c1)nc(C1CC1)n2CCC(=O)O. The van der Waals surface area contributed by atoms with Crippen molar-refractivity contribution >= 4 is 22.8 Å². The molecule has 0 bridgehead atoms. The monoisotopic (exact) mass is 272 g/mol. The van der Waals surface area contributed by atoms with Crippen molar-refractivity contribution < 1.29 is 14.7 Å². The van der Waals surface area contributed by atoms with Gasteiger partial charge in [0.05, 0.1) is 17.5 Å². The number of carbonyl (C=O) groups excluding carboxylic acids is 1. The standard InChI is InChI=1S/C15H16N2O3/c1-9(18)11-4-5-13-12(8-11)16-15(10-2-3-10)17(13)7-6-14(19)20/h4-5,8,10H,2-3,6-7H2,1H3,(H,19,20). The first-order chi connectivity index (χ1) is 9.56. The third-order valence-electron chi connectivity index (χ3n) is 3.68. The van der Waals surface area contributed by atoms with Crippen molar-refractivity contribution in [3.05, 3.63) is 29.6 Å². The van der Waals surface area contributed by atoms with Gasteiger partial charge >= 0.3 is 5.97 Å². The van der Waals surface area contributed by atoms with Crippen molar-refractivity contribution in [3.8, 4) is 0 Å². The van der Waals surface area contributed by atoms with Crippen LogP contribution in [0.2, 0.25) is 0 Å². The van der Waals surface area contributed by atoms with Gasteiger partial charge in [-0.2, -0.15) is 0 Å². The Morgan fingerprint density at radius 3 is 2.75 bits per heavy atom. The highest BCUT2D eigenvalue weighted by Gasteiger charge is 2.29. The molecule has 1 aromatic heterocycles. The van der Waals surface area contributed by atoms with Crippen LogP contribution in [0.4, 0.5) is 0 Å². The summed E-state index contributed by atoms with van der Waals surface area (Å²) >= 11 is 0. The summed E-state index contributed by atoms with van der Waals surface area (Å²) in [6.45, 7) is 1.96. The van der Waals surface area contributed by atoms with Crippen LogP contribution in [0.25, 0.3) is 11.0 Å². The molecule has 1 fully saturated rings. The molecule has 5 heteroatoms. The van der Waals surface area contributed by atoms with Gasteiger partial charge in [-0.1, -0.05) is 0 Å². The number of carbonyl (C=O) groups is 2. The van der Waals surface area contributed by atoms with E-state index in [1.807, 2.05) is 10.6 Å². The first kappa shape index (κ1) is 12.8. The number of carboxylic acids is 1. The number of aromatic nitrogens is 2. The molecule has 1 N–H and O–H groups in total. The van der Waals surface area contributed by atoms with E-state index < -0.39 is 5.97 Å². The van der Waals surface area contributed by atoms with E-state index in [4.69, 9.17) is 5.11 Å². The molecular formula is C15H16N2O3. The van der Waals surface area contributed by atoms with Crippen molar-refractivity contribution in [2.45, 2.75) is 38.6 Å². The summed E-state index contributed by atoms with van der Waals surface area (Å²) in [6.07, 6.45) is 2.30. The fourth-order valence-corrected chi connectivity index (χ4v) is 2.46. The predicted octanol–water partition coefficient (Wildman–Crippen LogP) is 2.59. The number of carboxylic acid groups (broad SMARTS) is 1. The van der Waals surface area contributed by atoms with Crippen molar-refractivity contribution in [3.63, 3.8) is 0 Å². The van der Waals surface area contributed by atoms with Gasteiger partial charge in [-0.3, -0.25) is 9.59 Å². The van der Waals surface area contributed by atoms with Crippen LogP contribution in [0.5, 0.6) is 0 Å². The molecule has 0 spiro atoms. The number of benzene rings is 1. The van der Waals surface area contributed by atoms with E-state index in [1.54, 1.807) is 12.1 Å². The molecule has 0 unspecified atom stereocenters. The first-order valence-corrected chi connectivity index (χ1v) is 6.79. The minimum absolute atomic E-state index is 0.0138. The fourth-order valence-electron chi connectivity index (χ4n) is 2.46. The van der Waals surface area contributed by atoms with Crippen LogP contribution in [-0.2, 0) is 11.3 Å². The topological polar surface area (TPSA) is 72.2 Å². The second-order valence-corrected chi connectivity index (χ2v) is 5.30. The van der Waals surface area contributed by atoms with Gasteiger partial charge in [0.25, 0.3) is 0 Å². The average molecular weight is 272 g/mol. The Labute approximate surface area is 116 Å². The van der Waals surface area contributed by atoms with Gasteiger partial charge in [0.2, 0.25) is 0 Å². The van der Waals surface area contributed by atoms with Crippen molar-refractivity contribution in [2.24, 2.45) is 0 Å². The van der Waals surface area contributed by atoms with E-state index in [2.05, 4.69) is 4.98 Å². The van der Waals surface area contributed by atoms with Gasteiger partial charge < -0.3 is 9.67 Å². The zero-order chi connectivity index (χ0) is 14.3. The molecule has 1 aliphatic rings. The predicted molar refractivity (Wildman–Crippen MR) is 74.0 cm³/mol. The van der Waals surface area contributed by atoms with Crippen molar-refractivity contribution in [1.82, 2.24) is 9.55 Å². The maximum absolute atomic E-state index is 11.4. The zero-order valence-electron chi connectivity index (χ0n) is 11.3. The van der Waals surface area contributed by atoms with E-state index >= 15 is 0 Å². The summed E-state index contributed by atoms with van der Waals surface area (Å²) in [6, 6.07) is 5.44. The molecule has 0 saturated heterocycles. The lowest BCUT2D eigenvalue weighted by Gasteiger charge is -2.06. The Kier molecular flexibility index (Phi) is 3.04. The molecule has 104 valence electrons. The molecule has 3 rings (SSSR count). The molecule has 0 aliphatic heterocycles. The number of Topliss-reactive ketones (excluding diaryl/α,β-unsaturated/α-hetero) is 1. The second kappa shape index (κ2) is 4.74. The van der Waals surface area contributed by atoms with Crippen LogP contribution >= 0.6 is 0 Å². The molecule has 1 aliphatic carbocycles. The number of aliphatic carboxylic acids is 1. The number of imidazole rings is 1. The van der Waals surface area contributed by atoms with E-state index in [0.29, 0.717) is 18.0 Å². The average Bonchev–Trinajstić information content (AvgIpc) is 3.17. The minimum atomic E-state index is -0.811.